The van der Waals surface area contributed by atoms with E-state index in [1.165, 1.54) is 34.5 Å². The molecule has 4 rings (SSSR count). The SMILES string of the molecule is CCCC[C@@H](c1nnnn1Cc1cccs1)[NH+]1CCN(c2cccc(C)c2C)CC1. The van der Waals surface area contributed by atoms with Crippen molar-refractivity contribution in [2.24, 2.45) is 0 Å². The molecule has 0 unspecified atom stereocenters. The molecule has 7 heteroatoms. The Kier molecular flexibility index (Phi) is 6.79. The van der Waals surface area contributed by atoms with Gasteiger partial charge < -0.3 is 9.80 Å². The predicted octanol–water partition coefficient (Wildman–Crippen LogP) is 3.04. The Bertz CT molecular complexity index is 927. The predicted molar refractivity (Wildman–Crippen MR) is 122 cm³/mol. The third kappa shape index (κ3) is 4.57. The minimum absolute atomic E-state index is 0.362. The molecule has 0 spiro atoms. The smallest absolute Gasteiger partial charge is 0.209 e. The summed E-state index contributed by atoms with van der Waals surface area (Å²) in [6, 6.07) is 11.3. The first-order valence-corrected chi connectivity index (χ1v) is 12.0. The zero-order valence-corrected chi connectivity index (χ0v) is 19.2. The fraction of sp³-hybridized carbons (Fsp3) is 0.522. The summed E-state index contributed by atoms with van der Waals surface area (Å²) in [5.74, 6) is 1.05. The number of rotatable bonds is 8. The minimum Gasteiger partial charge on any atom is -0.360 e. The van der Waals surface area contributed by atoms with Crippen LogP contribution >= 0.6 is 11.3 Å². The van der Waals surface area contributed by atoms with Gasteiger partial charge in [0, 0.05) is 17.0 Å². The molecule has 1 saturated heterocycles. The van der Waals surface area contributed by atoms with Gasteiger partial charge in [0.1, 0.15) is 6.04 Å². The van der Waals surface area contributed by atoms with Crippen LogP contribution in [0, 0.1) is 13.8 Å². The maximum absolute atomic E-state index is 4.50. The van der Waals surface area contributed by atoms with Crippen LogP contribution in [0.5, 0.6) is 0 Å². The number of hydrogen-bond donors (Lipinski definition) is 1. The highest BCUT2D eigenvalue weighted by molar-refractivity contribution is 7.09. The number of tetrazole rings is 1. The number of unbranched alkanes of at least 4 members (excludes halogenated alkanes) is 1. The molecule has 0 aliphatic carbocycles. The Balaban J connectivity index is 1.49. The molecular weight excluding hydrogens is 392 g/mol. The summed E-state index contributed by atoms with van der Waals surface area (Å²) in [6.07, 6.45) is 3.55. The maximum Gasteiger partial charge on any atom is 0.209 e. The van der Waals surface area contributed by atoms with Crippen molar-refractivity contribution < 1.29 is 4.90 Å². The van der Waals surface area contributed by atoms with E-state index in [-0.39, 0.29) is 0 Å². The molecule has 1 aliphatic heterocycles. The van der Waals surface area contributed by atoms with Crippen LogP contribution in [0.4, 0.5) is 5.69 Å². The summed E-state index contributed by atoms with van der Waals surface area (Å²) in [5, 5.41) is 15.0. The number of nitrogens with zero attached hydrogens (tertiary/aromatic N) is 5. The molecule has 1 N–H and O–H groups in total. The number of aromatic nitrogens is 4. The van der Waals surface area contributed by atoms with Crippen LogP contribution in [0.25, 0.3) is 0 Å². The van der Waals surface area contributed by atoms with Crippen molar-refractivity contribution in [1.82, 2.24) is 20.2 Å². The van der Waals surface area contributed by atoms with Gasteiger partial charge in [-0.3, -0.25) is 0 Å². The van der Waals surface area contributed by atoms with Crippen LogP contribution in [0.2, 0.25) is 0 Å². The average Bonchev–Trinajstić information content (AvgIpc) is 3.44. The first-order valence-electron chi connectivity index (χ1n) is 11.1. The molecule has 2 aromatic heterocycles. The van der Waals surface area contributed by atoms with Crippen molar-refractivity contribution in [2.75, 3.05) is 31.1 Å². The van der Waals surface area contributed by atoms with Gasteiger partial charge in [-0.2, -0.15) is 0 Å². The lowest BCUT2D eigenvalue weighted by Crippen LogP contribution is -3.15. The number of aryl methyl sites for hydroxylation is 1. The van der Waals surface area contributed by atoms with Crippen LogP contribution in [-0.4, -0.2) is 46.4 Å². The molecule has 1 atom stereocenters. The lowest BCUT2D eigenvalue weighted by molar-refractivity contribution is -0.933. The molecule has 0 saturated carbocycles. The van der Waals surface area contributed by atoms with E-state index in [0.29, 0.717) is 6.04 Å². The molecule has 0 amide bonds. The number of thiophene rings is 1. The molecule has 1 fully saturated rings. The molecule has 6 nitrogen and oxygen atoms in total. The Morgan fingerprint density at radius 1 is 1.13 bits per heavy atom. The zero-order valence-electron chi connectivity index (χ0n) is 18.3. The minimum atomic E-state index is 0.362. The topological polar surface area (TPSA) is 51.3 Å². The maximum atomic E-state index is 4.50. The molecule has 3 heterocycles. The first kappa shape index (κ1) is 21.0. The van der Waals surface area contributed by atoms with E-state index in [0.717, 1.165) is 45.0 Å². The number of piperazine rings is 1. The Labute approximate surface area is 183 Å². The van der Waals surface area contributed by atoms with E-state index in [4.69, 9.17) is 0 Å². The van der Waals surface area contributed by atoms with E-state index < -0.39 is 0 Å². The summed E-state index contributed by atoms with van der Waals surface area (Å²) in [7, 11) is 0. The van der Waals surface area contributed by atoms with Gasteiger partial charge in [-0.05, 0) is 59.3 Å². The summed E-state index contributed by atoms with van der Waals surface area (Å²) >= 11 is 1.77. The van der Waals surface area contributed by atoms with Gasteiger partial charge in [0.15, 0.2) is 0 Å². The fourth-order valence-corrected chi connectivity index (χ4v) is 5.20. The first-order chi connectivity index (χ1) is 14.7. The van der Waals surface area contributed by atoms with Crippen molar-refractivity contribution in [3.05, 3.63) is 57.5 Å². The summed E-state index contributed by atoms with van der Waals surface area (Å²) in [5.41, 5.74) is 4.17. The monoisotopic (exact) mass is 425 g/mol. The van der Waals surface area contributed by atoms with Gasteiger partial charge in [0.25, 0.3) is 0 Å². The fourth-order valence-electron chi connectivity index (χ4n) is 4.51. The zero-order chi connectivity index (χ0) is 20.9. The van der Waals surface area contributed by atoms with Crippen LogP contribution in [0.1, 0.15) is 54.1 Å². The largest absolute Gasteiger partial charge is 0.360 e. The van der Waals surface area contributed by atoms with E-state index in [1.807, 2.05) is 4.68 Å². The summed E-state index contributed by atoms with van der Waals surface area (Å²) < 4.78 is 2.02. The van der Waals surface area contributed by atoms with Gasteiger partial charge in [0.05, 0.1) is 32.7 Å². The number of hydrogen-bond acceptors (Lipinski definition) is 5. The van der Waals surface area contributed by atoms with Crippen molar-refractivity contribution >= 4 is 17.0 Å². The number of anilines is 1. The average molecular weight is 426 g/mol. The Morgan fingerprint density at radius 3 is 2.70 bits per heavy atom. The van der Waals surface area contributed by atoms with Gasteiger partial charge in [-0.1, -0.05) is 31.5 Å². The van der Waals surface area contributed by atoms with Gasteiger partial charge in [-0.25, -0.2) is 4.68 Å². The lowest BCUT2D eigenvalue weighted by Gasteiger charge is -2.38. The van der Waals surface area contributed by atoms with Gasteiger partial charge >= 0.3 is 0 Å². The van der Waals surface area contributed by atoms with Crippen LogP contribution in [0.3, 0.4) is 0 Å². The molecule has 30 heavy (non-hydrogen) atoms. The van der Waals surface area contributed by atoms with Gasteiger partial charge in [-0.15, -0.1) is 16.4 Å². The van der Waals surface area contributed by atoms with E-state index in [2.05, 4.69) is 76.9 Å². The van der Waals surface area contributed by atoms with Crippen molar-refractivity contribution in [2.45, 2.75) is 52.6 Å². The van der Waals surface area contributed by atoms with Gasteiger partial charge in [0.2, 0.25) is 5.82 Å². The van der Waals surface area contributed by atoms with E-state index >= 15 is 0 Å². The molecule has 3 aromatic rings. The van der Waals surface area contributed by atoms with Crippen LogP contribution in [0.15, 0.2) is 35.7 Å². The Morgan fingerprint density at radius 2 is 1.97 bits per heavy atom. The lowest BCUT2D eigenvalue weighted by atomic mass is 10.0. The quantitative estimate of drug-likeness (QED) is 0.603. The number of quaternary nitrogens is 1. The molecule has 160 valence electrons. The van der Waals surface area contributed by atoms with Crippen molar-refractivity contribution in [1.29, 1.82) is 0 Å². The Hall–Kier alpha value is -2.25. The molecule has 1 aromatic carbocycles. The summed E-state index contributed by atoms with van der Waals surface area (Å²) in [6.45, 7) is 11.9. The highest BCUT2D eigenvalue weighted by Gasteiger charge is 2.32. The third-order valence-electron chi connectivity index (χ3n) is 6.42. The standard InChI is InChI=1S/C23H32N6S/c1-4-5-10-22(23-24-25-26-29(23)17-20-9-7-16-30-20)28-14-12-27(13-15-28)21-11-6-8-18(2)19(21)3/h6-9,11,16,22H,4-5,10,12-15,17H2,1-3H3/p+1/t22-/m0/s1. The highest BCUT2D eigenvalue weighted by Crippen LogP contribution is 2.23. The molecule has 0 radical (unpaired) electrons. The second-order valence-corrected chi connectivity index (χ2v) is 9.37. The number of benzene rings is 1. The van der Waals surface area contributed by atoms with Crippen molar-refractivity contribution in [3.63, 3.8) is 0 Å². The molecule has 1 aliphatic rings. The molecule has 0 bridgehead atoms. The van der Waals surface area contributed by atoms with Crippen molar-refractivity contribution in [3.8, 4) is 0 Å². The van der Waals surface area contributed by atoms with Crippen LogP contribution in [-0.2, 0) is 6.54 Å². The second-order valence-electron chi connectivity index (χ2n) is 8.33. The van der Waals surface area contributed by atoms with Crippen LogP contribution < -0.4 is 9.80 Å². The normalized spacial score (nSPS) is 16.2. The number of nitrogens with one attached hydrogen (secondary N) is 1. The second kappa shape index (κ2) is 9.71. The third-order valence-corrected chi connectivity index (χ3v) is 7.28. The molecular formula is C23H33N6S+. The van der Waals surface area contributed by atoms with E-state index in [9.17, 15) is 0 Å². The van der Waals surface area contributed by atoms with E-state index in [1.54, 1.807) is 16.2 Å². The summed E-state index contributed by atoms with van der Waals surface area (Å²) in [4.78, 5) is 5.47. The highest BCUT2D eigenvalue weighted by atomic mass is 32.1.